The highest BCUT2D eigenvalue weighted by Gasteiger charge is 2.30. The first kappa shape index (κ1) is 14.8. The second-order valence-corrected chi connectivity index (χ2v) is 3.03. The first-order valence-corrected chi connectivity index (χ1v) is 4.39. The smallest absolute Gasteiger partial charge is 0.356 e. The lowest BCUT2D eigenvalue weighted by atomic mass is 10.2. The summed E-state index contributed by atoms with van der Waals surface area (Å²) in [5.41, 5.74) is 5.08. The van der Waals surface area contributed by atoms with E-state index >= 15 is 0 Å². The number of nitrogens with two attached hydrogens (primary N) is 1. The average Bonchev–Trinajstić information content (AvgIpc) is 2.21. The van der Waals surface area contributed by atoms with E-state index in [0.717, 1.165) is 0 Å². The highest BCUT2D eigenvalue weighted by atomic mass is 16.6. The highest BCUT2D eigenvalue weighted by molar-refractivity contribution is 5.97. The summed E-state index contributed by atoms with van der Waals surface area (Å²) in [7, 11) is 0. The van der Waals surface area contributed by atoms with Crippen molar-refractivity contribution < 1.29 is 39.2 Å². The lowest BCUT2D eigenvalue weighted by Crippen LogP contribution is -2.36. The standard InChI is InChI=1S/C8H11NO8/c9-3(6(11)12)1-2-4(10)17-5(7(13)14)8(15)16/h3,5H,1-2,9H2,(H,11,12)(H,13,14)(H,15,16)/t3-/m0/s1. The van der Waals surface area contributed by atoms with Crippen molar-refractivity contribution in [3.05, 3.63) is 0 Å². The first-order chi connectivity index (χ1) is 7.75. The van der Waals surface area contributed by atoms with Gasteiger partial charge in [0.05, 0.1) is 0 Å². The minimum atomic E-state index is -2.30. The van der Waals surface area contributed by atoms with Crippen molar-refractivity contribution in [3.63, 3.8) is 0 Å². The largest absolute Gasteiger partial charge is 0.480 e. The predicted molar refractivity (Wildman–Crippen MR) is 50.0 cm³/mol. The lowest BCUT2D eigenvalue weighted by Gasteiger charge is -2.10. The van der Waals surface area contributed by atoms with Gasteiger partial charge in [-0.3, -0.25) is 9.59 Å². The number of aliphatic carboxylic acids is 3. The van der Waals surface area contributed by atoms with E-state index < -0.39 is 42.4 Å². The van der Waals surface area contributed by atoms with Crippen LogP contribution in [-0.4, -0.2) is 51.3 Å². The third-order valence-electron chi connectivity index (χ3n) is 1.67. The van der Waals surface area contributed by atoms with E-state index in [4.69, 9.17) is 21.1 Å². The van der Waals surface area contributed by atoms with E-state index in [-0.39, 0.29) is 6.42 Å². The molecule has 9 nitrogen and oxygen atoms in total. The van der Waals surface area contributed by atoms with E-state index in [0.29, 0.717) is 0 Å². The normalized spacial score (nSPS) is 11.9. The summed E-state index contributed by atoms with van der Waals surface area (Å²) in [5, 5.41) is 25.2. The Morgan fingerprint density at radius 1 is 1.00 bits per heavy atom. The Hall–Kier alpha value is -2.16. The van der Waals surface area contributed by atoms with Gasteiger partial charge >= 0.3 is 23.9 Å². The minimum Gasteiger partial charge on any atom is -0.480 e. The zero-order valence-electron chi connectivity index (χ0n) is 8.53. The Labute approximate surface area is 94.8 Å². The quantitative estimate of drug-likeness (QED) is 0.302. The molecule has 1 atom stereocenters. The summed E-state index contributed by atoms with van der Waals surface area (Å²) in [6.45, 7) is 0. The maximum absolute atomic E-state index is 11.0. The minimum absolute atomic E-state index is 0.278. The van der Waals surface area contributed by atoms with Crippen LogP contribution in [0.2, 0.25) is 0 Å². The second-order valence-electron chi connectivity index (χ2n) is 3.03. The first-order valence-electron chi connectivity index (χ1n) is 4.39. The summed E-state index contributed by atoms with van der Waals surface area (Å²) in [6.07, 6.45) is -3.06. The molecule has 0 rings (SSSR count). The molecule has 0 saturated carbocycles. The van der Waals surface area contributed by atoms with Gasteiger partial charge < -0.3 is 25.8 Å². The Balaban J connectivity index is 4.21. The molecule has 0 radical (unpaired) electrons. The number of ether oxygens (including phenoxy) is 1. The van der Waals surface area contributed by atoms with Crippen molar-refractivity contribution in [3.8, 4) is 0 Å². The number of hydrogen-bond donors (Lipinski definition) is 4. The number of carboxylic acids is 3. The number of rotatable bonds is 7. The van der Waals surface area contributed by atoms with Gasteiger partial charge in [-0.1, -0.05) is 0 Å². The van der Waals surface area contributed by atoms with Crippen molar-refractivity contribution in [2.45, 2.75) is 25.0 Å². The summed E-state index contributed by atoms with van der Waals surface area (Å²) >= 11 is 0. The molecule has 9 heteroatoms. The summed E-state index contributed by atoms with van der Waals surface area (Å²) < 4.78 is 4.12. The molecule has 0 heterocycles. The van der Waals surface area contributed by atoms with E-state index in [1.54, 1.807) is 0 Å². The molecule has 0 aliphatic rings. The van der Waals surface area contributed by atoms with Crippen LogP contribution in [0.5, 0.6) is 0 Å². The maximum atomic E-state index is 11.0. The van der Waals surface area contributed by atoms with Crippen LogP contribution < -0.4 is 5.73 Å². The molecule has 0 aliphatic heterocycles. The van der Waals surface area contributed by atoms with E-state index in [9.17, 15) is 19.2 Å². The van der Waals surface area contributed by atoms with Gasteiger partial charge in [0, 0.05) is 6.42 Å². The number of carboxylic acid groups (broad SMARTS) is 3. The van der Waals surface area contributed by atoms with Crippen LogP contribution in [0.25, 0.3) is 0 Å². The predicted octanol–water partition coefficient (Wildman–Crippen LogP) is -1.74. The molecule has 0 aliphatic carbocycles. The zero-order chi connectivity index (χ0) is 13.6. The SMILES string of the molecule is N[C@@H](CCC(=O)OC(C(=O)O)C(=O)O)C(=O)O. The van der Waals surface area contributed by atoms with Crippen LogP contribution in [-0.2, 0) is 23.9 Å². The highest BCUT2D eigenvalue weighted by Crippen LogP contribution is 2.01. The number of esters is 1. The third-order valence-corrected chi connectivity index (χ3v) is 1.67. The third kappa shape index (κ3) is 5.47. The molecular formula is C8H11NO8. The molecule has 0 aromatic heterocycles. The lowest BCUT2D eigenvalue weighted by molar-refractivity contribution is -0.175. The van der Waals surface area contributed by atoms with Crippen LogP contribution in [0.1, 0.15) is 12.8 Å². The number of hydrogen-bond acceptors (Lipinski definition) is 6. The van der Waals surface area contributed by atoms with Crippen molar-refractivity contribution >= 4 is 23.9 Å². The van der Waals surface area contributed by atoms with Gasteiger partial charge in [0.25, 0.3) is 6.10 Å². The van der Waals surface area contributed by atoms with E-state index in [1.165, 1.54) is 0 Å². The van der Waals surface area contributed by atoms with Crippen molar-refractivity contribution in [2.24, 2.45) is 5.73 Å². The number of carbonyl (C=O) groups is 4. The van der Waals surface area contributed by atoms with Crippen molar-refractivity contribution in [2.75, 3.05) is 0 Å². The van der Waals surface area contributed by atoms with Gasteiger partial charge in [0.2, 0.25) is 0 Å². The van der Waals surface area contributed by atoms with Crippen molar-refractivity contribution in [1.82, 2.24) is 0 Å². The monoisotopic (exact) mass is 249 g/mol. The molecule has 0 spiro atoms. The fourth-order valence-corrected chi connectivity index (χ4v) is 0.794. The topological polar surface area (TPSA) is 164 Å². The molecule has 0 aromatic rings. The van der Waals surface area contributed by atoms with Gasteiger partial charge in [-0.05, 0) is 6.42 Å². The van der Waals surface area contributed by atoms with Crippen LogP contribution in [0.15, 0.2) is 0 Å². The maximum Gasteiger partial charge on any atom is 0.356 e. The molecule has 0 unspecified atom stereocenters. The molecule has 96 valence electrons. The summed E-state index contributed by atoms with van der Waals surface area (Å²) in [5.74, 6) is -6.12. The Bertz CT molecular complexity index is 324. The summed E-state index contributed by atoms with van der Waals surface area (Å²) in [6, 6.07) is -1.30. The van der Waals surface area contributed by atoms with Crippen molar-refractivity contribution in [1.29, 1.82) is 0 Å². The van der Waals surface area contributed by atoms with Gasteiger partial charge in [-0.25, -0.2) is 9.59 Å². The molecule has 0 fully saturated rings. The van der Waals surface area contributed by atoms with Gasteiger partial charge in [-0.15, -0.1) is 0 Å². The zero-order valence-corrected chi connectivity index (χ0v) is 8.53. The van der Waals surface area contributed by atoms with Gasteiger partial charge in [0.15, 0.2) is 0 Å². The van der Waals surface area contributed by atoms with E-state index in [1.807, 2.05) is 0 Å². The molecule has 0 bridgehead atoms. The van der Waals surface area contributed by atoms with E-state index in [2.05, 4.69) is 4.74 Å². The number of carbonyl (C=O) groups excluding carboxylic acids is 1. The molecule has 0 aromatic carbocycles. The van der Waals surface area contributed by atoms with Crippen LogP contribution in [0.4, 0.5) is 0 Å². The average molecular weight is 249 g/mol. The van der Waals surface area contributed by atoms with Crippen LogP contribution in [0, 0.1) is 0 Å². The summed E-state index contributed by atoms with van der Waals surface area (Å²) in [4.78, 5) is 42.0. The molecule has 5 N–H and O–H groups in total. The van der Waals surface area contributed by atoms with Crippen LogP contribution in [0.3, 0.4) is 0 Å². The van der Waals surface area contributed by atoms with Gasteiger partial charge in [-0.2, -0.15) is 0 Å². The molecular weight excluding hydrogens is 238 g/mol. The second kappa shape index (κ2) is 6.43. The fraction of sp³-hybridized carbons (Fsp3) is 0.500. The Morgan fingerprint density at radius 2 is 1.47 bits per heavy atom. The van der Waals surface area contributed by atoms with Gasteiger partial charge in [0.1, 0.15) is 6.04 Å². The van der Waals surface area contributed by atoms with Crippen LogP contribution >= 0.6 is 0 Å². The fourth-order valence-electron chi connectivity index (χ4n) is 0.794. The molecule has 0 amide bonds. The Morgan fingerprint density at radius 3 is 1.82 bits per heavy atom. The Kier molecular flexibility index (Phi) is 5.61. The molecule has 17 heavy (non-hydrogen) atoms. The molecule has 0 saturated heterocycles.